The smallest absolute Gasteiger partial charge is 0.257 e. The monoisotopic (exact) mass is 341 g/mol. The first-order chi connectivity index (χ1) is 12.1. The fourth-order valence-corrected chi connectivity index (χ4v) is 2.74. The first-order valence-electron chi connectivity index (χ1n) is 8.51. The van der Waals surface area contributed by atoms with Gasteiger partial charge in [0.15, 0.2) is 5.65 Å². The van der Waals surface area contributed by atoms with Gasteiger partial charge in [0.25, 0.3) is 5.91 Å². The third-order valence-electron chi connectivity index (χ3n) is 4.27. The molecule has 1 amide bonds. The number of amides is 1. The molecule has 7 heteroatoms. The quantitative estimate of drug-likeness (QED) is 0.715. The van der Waals surface area contributed by atoms with Gasteiger partial charge in [0.2, 0.25) is 0 Å². The summed E-state index contributed by atoms with van der Waals surface area (Å²) < 4.78 is 6.98. The Bertz CT molecular complexity index is 836. The minimum absolute atomic E-state index is 0.220. The van der Waals surface area contributed by atoms with Gasteiger partial charge in [0.1, 0.15) is 11.3 Å². The zero-order chi connectivity index (χ0) is 17.8. The molecule has 7 nitrogen and oxygen atoms in total. The minimum atomic E-state index is -0.223. The number of nitrogens with one attached hydrogen (secondary N) is 1. The maximum absolute atomic E-state index is 12.5. The molecule has 0 spiro atoms. The molecule has 3 heterocycles. The largest absolute Gasteiger partial charge is 0.467 e. The van der Waals surface area contributed by atoms with Crippen LogP contribution in [0.5, 0.6) is 0 Å². The lowest BCUT2D eigenvalue weighted by molar-refractivity contribution is 0.0937. The summed E-state index contributed by atoms with van der Waals surface area (Å²) in [6, 6.07) is 3.41. The Hall–Kier alpha value is -2.67. The number of aromatic nitrogens is 3. The second-order valence-corrected chi connectivity index (χ2v) is 5.96. The highest BCUT2D eigenvalue weighted by molar-refractivity contribution is 5.99. The van der Waals surface area contributed by atoms with Crippen molar-refractivity contribution >= 4 is 11.6 Å². The van der Waals surface area contributed by atoms with E-state index in [4.69, 9.17) is 4.42 Å². The SMILES string of the molecule is CCN(CC)Cc1cnc2c(C(=O)N[C@@H](C)c3ccco3)cnn2c1. The van der Waals surface area contributed by atoms with E-state index in [1.807, 2.05) is 25.4 Å². The Kier molecular flexibility index (Phi) is 5.14. The second-order valence-electron chi connectivity index (χ2n) is 5.96. The van der Waals surface area contributed by atoms with Crippen LogP contribution in [-0.4, -0.2) is 38.5 Å². The lowest BCUT2D eigenvalue weighted by Gasteiger charge is -2.17. The maximum atomic E-state index is 12.5. The number of furan rings is 1. The van der Waals surface area contributed by atoms with Crippen LogP contribution in [0.25, 0.3) is 5.65 Å². The third-order valence-corrected chi connectivity index (χ3v) is 4.27. The van der Waals surface area contributed by atoms with Crippen LogP contribution < -0.4 is 5.32 Å². The zero-order valence-electron chi connectivity index (χ0n) is 14.8. The van der Waals surface area contributed by atoms with E-state index in [0.29, 0.717) is 17.0 Å². The van der Waals surface area contributed by atoms with Crippen LogP contribution in [0, 0.1) is 0 Å². The van der Waals surface area contributed by atoms with Crippen LogP contribution in [0.1, 0.15) is 48.5 Å². The van der Waals surface area contributed by atoms with Gasteiger partial charge in [-0.2, -0.15) is 5.10 Å². The molecule has 1 atom stereocenters. The van der Waals surface area contributed by atoms with E-state index >= 15 is 0 Å². The zero-order valence-corrected chi connectivity index (χ0v) is 14.8. The molecule has 0 aliphatic carbocycles. The van der Waals surface area contributed by atoms with Crippen molar-refractivity contribution in [2.24, 2.45) is 0 Å². The maximum Gasteiger partial charge on any atom is 0.257 e. The van der Waals surface area contributed by atoms with Crippen molar-refractivity contribution in [1.82, 2.24) is 24.8 Å². The van der Waals surface area contributed by atoms with Crippen LogP contribution in [0.2, 0.25) is 0 Å². The number of rotatable bonds is 7. The summed E-state index contributed by atoms with van der Waals surface area (Å²) in [5.74, 6) is 0.488. The molecule has 132 valence electrons. The Labute approximate surface area is 146 Å². The summed E-state index contributed by atoms with van der Waals surface area (Å²) >= 11 is 0. The molecule has 0 fully saturated rings. The predicted molar refractivity (Wildman–Crippen MR) is 94.2 cm³/mol. The van der Waals surface area contributed by atoms with E-state index in [9.17, 15) is 4.79 Å². The molecule has 0 saturated carbocycles. The Morgan fingerprint density at radius 1 is 1.36 bits per heavy atom. The van der Waals surface area contributed by atoms with Gasteiger partial charge in [0, 0.05) is 24.5 Å². The number of nitrogens with zero attached hydrogens (tertiary/aromatic N) is 4. The van der Waals surface area contributed by atoms with E-state index < -0.39 is 0 Å². The van der Waals surface area contributed by atoms with Crippen LogP contribution >= 0.6 is 0 Å². The van der Waals surface area contributed by atoms with E-state index in [1.165, 1.54) is 0 Å². The van der Waals surface area contributed by atoms with Gasteiger partial charge in [-0.05, 0) is 32.1 Å². The third kappa shape index (κ3) is 3.71. The van der Waals surface area contributed by atoms with Crippen molar-refractivity contribution in [1.29, 1.82) is 0 Å². The molecule has 0 aliphatic rings. The van der Waals surface area contributed by atoms with E-state index in [-0.39, 0.29) is 11.9 Å². The molecule has 0 radical (unpaired) electrons. The molecule has 3 aromatic rings. The van der Waals surface area contributed by atoms with Gasteiger partial charge < -0.3 is 9.73 Å². The van der Waals surface area contributed by atoms with Gasteiger partial charge in [-0.1, -0.05) is 13.8 Å². The van der Waals surface area contributed by atoms with Crippen molar-refractivity contribution in [2.75, 3.05) is 13.1 Å². The fraction of sp³-hybridized carbons (Fsp3) is 0.389. The molecule has 0 aromatic carbocycles. The number of carbonyl (C=O) groups is 1. The standard InChI is InChI=1S/C18H23N5O2/c1-4-22(5-2)11-14-9-19-17-15(10-20-23(17)12-14)18(24)21-13(3)16-7-6-8-25-16/h6-10,12-13H,4-5,11H2,1-3H3,(H,21,24)/t13-/m0/s1. The lowest BCUT2D eigenvalue weighted by atomic mass is 10.2. The predicted octanol–water partition coefficient (Wildman–Crippen LogP) is 2.66. The average molecular weight is 341 g/mol. The molecule has 3 aromatic heterocycles. The van der Waals surface area contributed by atoms with Crippen LogP contribution in [0.15, 0.2) is 41.4 Å². The molecule has 3 rings (SSSR count). The summed E-state index contributed by atoms with van der Waals surface area (Å²) in [7, 11) is 0. The molecular formula is C18H23N5O2. The normalized spacial score (nSPS) is 12.6. The number of hydrogen-bond donors (Lipinski definition) is 1. The van der Waals surface area contributed by atoms with Crippen LogP contribution in [0.3, 0.4) is 0 Å². The Morgan fingerprint density at radius 3 is 2.84 bits per heavy atom. The van der Waals surface area contributed by atoms with E-state index in [0.717, 1.165) is 25.2 Å². The summed E-state index contributed by atoms with van der Waals surface area (Å²) in [5.41, 5.74) is 2.07. The van der Waals surface area contributed by atoms with E-state index in [1.54, 1.807) is 23.0 Å². The van der Waals surface area contributed by atoms with Crippen molar-refractivity contribution in [3.05, 3.63) is 53.9 Å². The Balaban J connectivity index is 1.77. The first kappa shape index (κ1) is 17.2. The fourth-order valence-electron chi connectivity index (χ4n) is 2.74. The molecule has 1 N–H and O–H groups in total. The Morgan fingerprint density at radius 2 is 2.16 bits per heavy atom. The number of carbonyl (C=O) groups excluding carboxylic acids is 1. The first-order valence-corrected chi connectivity index (χ1v) is 8.51. The molecular weight excluding hydrogens is 318 g/mol. The average Bonchev–Trinajstić information content (AvgIpc) is 3.28. The van der Waals surface area contributed by atoms with Gasteiger partial charge in [0.05, 0.1) is 18.5 Å². The van der Waals surface area contributed by atoms with Gasteiger partial charge in [-0.25, -0.2) is 9.50 Å². The van der Waals surface area contributed by atoms with Crippen molar-refractivity contribution in [3.63, 3.8) is 0 Å². The second kappa shape index (κ2) is 7.48. The summed E-state index contributed by atoms with van der Waals surface area (Å²) in [5, 5.41) is 7.19. The summed E-state index contributed by atoms with van der Waals surface area (Å²) in [4.78, 5) is 19.3. The highest BCUT2D eigenvalue weighted by Gasteiger charge is 2.18. The van der Waals surface area contributed by atoms with Gasteiger partial charge in [-0.15, -0.1) is 0 Å². The number of fused-ring (bicyclic) bond motifs is 1. The molecule has 0 bridgehead atoms. The lowest BCUT2D eigenvalue weighted by Crippen LogP contribution is -2.26. The molecule has 0 unspecified atom stereocenters. The van der Waals surface area contributed by atoms with Crippen molar-refractivity contribution in [3.8, 4) is 0 Å². The topological polar surface area (TPSA) is 75.7 Å². The van der Waals surface area contributed by atoms with Crippen molar-refractivity contribution < 1.29 is 9.21 Å². The highest BCUT2D eigenvalue weighted by Crippen LogP contribution is 2.15. The number of hydrogen-bond acceptors (Lipinski definition) is 5. The van der Waals surface area contributed by atoms with Gasteiger partial charge in [-0.3, -0.25) is 9.69 Å². The summed E-state index contributed by atoms with van der Waals surface area (Å²) in [6.45, 7) is 8.90. The molecule has 0 saturated heterocycles. The summed E-state index contributed by atoms with van der Waals surface area (Å²) in [6.07, 6.45) is 6.87. The van der Waals surface area contributed by atoms with E-state index in [2.05, 4.69) is 34.1 Å². The molecule has 25 heavy (non-hydrogen) atoms. The van der Waals surface area contributed by atoms with Crippen LogP contribution in [0.4, 0.5) is 0 Å². The van der Waals surface area contributed by atoms with Crippen LogP contribution in [-0.2, 0) is 6.54 Å². The molecule has 0 aliphatic heterocycles. The minimum Gasteiger partial charge on any atom is -0.467 e. The highest BCUT2D eigenvalue weighted by atomic mass is 16.3. The van der Waals surface area contributed by atoms with Gasteiger partial charge >= 0.3 is 0 Å². The van der Waals surface area contributed by atoms with Crippen molar-refractivity contribution in [2.45, 2.75) is 33.4 Å².